The van der Waals surface area contributed by atoms with E-state index in [-0.39, 0.29) is 12.1 Å². The standard InChI is InChI=1S/C11H9NO8/c13-9(14)19-8-5-11(8,20-10(15)16)6-1-3-7(4-2-6)12(17)18/h1-4,8H,5H2,(H,13,14)(H,15,16)/t8-,11+/m1/s1. The lowest BCUT2D eigenvalue weighted by atomic mass is 10.1. The molecular formula is C11H9NO8. The Hall–Kier alpha value is -2.84. The Morgan fingerprint density at radius 2 is 1.85 bits per heavy atom. The van der Waals surface area contributed by atoms with Gasteiger partial charge in [-0.3, -0.25) is 10.1 Å². The summed E-state index contributed by atoms with van der Waals surface area (Å²) in [6.45, 7) is 0. The maximum absolute atomic E-state index is 10.7. The Balaban J connectivity index is 2.26. The van der Waals surface area contributed by atoms with Gasteiger partial charge >= 0.3 is 12.3 Å². The number of rotatable bonds is 4. The zero-order valence-electron chi connectivity index (χ0n) is 9.88. The highest BCUT2D eigenvalue weighted by molar-refractivity contribution is 5.61. The molecule has 0 unspecified atom stereocenters. The van der Waals surface area contributed by atoms with Gasteiger partial charge < -0.3 is 19.7 Å². The number of nitrogens with zero attached hydrogens (tertiary/aromatic N) is 1. The maximum Gasteiger partial charge on any atom is 0.506 e. The number of hydrogen-bond acceptors (Lipinski definition) is 6. The van der Waals surface area contributed by atoms with Crippen LogP contribution >= 0.6 is 0 Å². The van der Waals surface area contributed by atoms with Gasteiger partial charge in [0.15, 0.2) is 11.7 Å². The second-order valence-electron chi connectivity index (χ2n) is 4.14. The smallest absolute Gasteiger partial charge is 0.450 e. The van der Waals surface area contributed by atoms with E-state index in [2.05, 4.69) is 4.74 Å². The van der Waals surface area contributed by atoms with Crippen LogP contribution in [0, 0.1) is 10.1 Å². The Kier molecular flexibility index (Phi) is 3.18. The zero-order chi connectivity index (χ0) is 14.9. The number of non-ortho nitro benzene ring substituents is 1. The molecule has 2 N–H and O–H groups in total. The first-order chi connectivity index (χ1) is 9.35. The quantitative estimate of drug-likeness (QED) is 0.486. The summed E-state index contributed by atoms with van der Waals surface area (Å²) < 4.78 is 9.21. The molecule has 0 aliphatic heterocycles. The molecule has 9 nitrogen and oxygen atoms in total. The van der Waals surface area contributed by atoms with Crippen molar-refractivity contribution in [3.63, 3.8) is 0 Å². The van der Waals surface area contributed by atoms with E-state index in [1.54, 1.807) is 0 Å². The Labute approximate surface area is 111 Å². The van der Waals surface area contributed by atoms with E-state index in [4.69, 9.17) is 14.9 Å². The van der Waals surface area contributed by atoms with Crippen molar-refractivity contribution >= 4 is 18.0 Å². The largest absolute Gasteiger partial charge is 0.506 e. The van der Waals surface area contributed by atoms with Crippen LogP contribution in [0.5, 0.6) is 0 Å². The van der Waals surface area contributed by atoms with E-state index in [1.807, 2.05) is 0 Å². The first-order valence-electron chi connectivity index (χ1n) is 5.41. The van der Waals surface area contributed by atoms with E-state index < -0.39 is 28.9 Å². The van der Waals surface area contributed by atoms with Crippen LogP contribution in [0.3, 0.4) is 0 Å². The monoisotopic (exact) mass is 283 g/mol. The van der Waals surface area contributed by atoms with Crippen LogP contribution in [0.15, 0.2) is 24.3 Å². The first-order valence-corrected chi connectivity index (χ1v) is 5.41. The SMILES string of the molecule is O=C(O)O[C@@H]1C[C@]1(OC(=O)O)c1ccc([N+](=O)[O-])cc1. The van der Waals surface area contributed by atoms with Gasteiger partial charge in [-0.2, -0.15) is 0 Å². The molecule has 0 amide bonds. The number of ether oxygens (including phenoxy) is 2. The summed E-state index contributed by atoms with van der Waals surface area (Å²) in [4.78, 5) is 31.1. The number of carbonyl (C=O) groups is 2. The molecule has 2 rings (SSSR count). The average Bonchev–Trinajstić information content (AvgIpc) is 3.01. The number of nitro benzene ring substituents is 1. The molecule has 2 atom stereocenters. The van der Waals surface area contributed by atoms with Crippen LogP contribution in [-0.2, 0) is 15.1 Å². The van der Waals surface area contributed by atoms with E-state index in [0.29, 0.717) is 5.56 Å². The third-order valence-corrected chi connectivity index (χ3v) is 2.93. The summed E-state index contributed by atoms with van der Waals surface area (Å²) >= 11 is 0. The van der Waals surface area contributed by atoms with Gasteiger partial charge in [-0.25, -0.2) is 9.59 Å². The predicted molar refractivity (Wildman–Crippen MR) is 61.4 cm³/mol. The lowest BCUT2D eigenvalue weighted by Crippen LogP contribution is -2.23. The van der Waals surface area contributed by atoms with Crippen LogP contribution in [-0.4, -0.2) is 33.6 Å². The van der Waals surface area contributed by atoms with Gasteiger partial charge in [0.25, 0.3) is 5.69 Å². The molecule has 9 heteroatoms. The summed E-state index contributed by atoms with van der Waals surface area (Å²) in [6, 6.07) is 4.98. The number of carboxylic acid groups (broad SMARTS) is 2. The molecular weight excluding hydrogens is 274 g/mol. The summed E-state index contributed by atoms with van der Waals surface area (Å²) in [6.07, 6.45) is -4.06. The van der Waals surface area contributed by atoms with Crippen molar-refractivity contribution in [3.05, 3.63) is 39.9 Å². The van der Waals surface area contributed by atoms with Crippen LogP contribution < -0.4 is 0 Å². The second-order valence-corrected chi connectivity index (χ2v) is 4.14. The van der Waals surface area contributed by atoms with Gasteiger partial charge in [-0.05, 0) is 12.1 Å². The van der Waals surface area contributed by atoms with Crippen molar-refractivity contribution in [3.8, 4) is 0 Å². The van der Waals surface area contributed by atoms with Crippen molar-refractivity contribution < 1.29 is 34.2 Å². The van der Waals surface area contributed by atoms with E-state index >= 15 is 0 Å². The summed E-state index contributed by atoms with van der Waals surface area (Å²) in [7, 11) is 0. The maximum atomic E-state index is 10.7. The minimum absolute atomic E-state index is 0.0312. The van der Waals surface area contributed by atoms with Gasteiger partial charge in [0.1, 0.15) is 0 Å². The summed E-state index contributed by atoms with van der Waals surface area (Å²) in [5.74, 6) is 0. The fourth-order valence-electron chi connectivity index (χ4n) is 1.97. The Morgan fingerprint density at radius 1 is 1.25 bits per heavy atom. The highest BCUT2D eigenvalue weighted by atomic mass is 16.7. The van der Waals surface area contributed by atoms with Crippen molar-refractivity contribution in [2.75, 3.05) is 0 Å². The fraction of sp³-hybridized carbons (Fsp3) is 0.273. The molecule has 1 aromatic rings. The topological polar surface area (TPSA) is 136 Å². The predicted octanol–water partition coefficient (Wildman–Crippen LogP) is 1.95. The molecule has 0 radical (unpaired) electrons. The highest BCUT2D eigenvalue weighted by Gasteiger charge is 2.63. The van der Waals surface area contributed by atoms with Crippen LogP contribution in [0.4, 0.5) is 15.3 Å². The molecule has 106 valence electrons. The van der Waals surface area contributed by atoms with E-state index in [1.165, 1.54) is 24.3 Å². The van der Waals surface area contributed by atoms with Crippen molar-refractivity contribution in [2.45, 2.75) is 18.1 Å². The summed E-state index contributed by atoms with van der Waals surface area (Å²) in [5.41, 5.74) is -1.30. The minimum Gasteiger partial charge on any atom is -0.450 e. The molecule has 0 aromatic heterocycles. The lowest BCUT2D eigenvalue weighted by Gasteiger charge is -2.16. The summed E-state index contributed by atoms with van der Waals surface area (Å²) in [5, 5.41) is 27.8. The Morgan fingerprint density at radius 3 is 2.30 bits per heavy atom. The van der Waals surface area contributed by atoms with E-state index in [0.717, 1.165) is 0 Å². The molecule has 1 aliphatic rings. The molecule has 0 heterocycles. The number of benzene rings is 1. The van der Waals surface area contributed by atoms with Gasteiger partial charge in [-0.1, -0.05) is 0 Å². The van der Waals surface area contributed by atoms with Crippen LogP contribution in [0.1, 0.15) is 12.0 Å². The highest BCUT2D eigenvalue weighted by Crippen LogP contribution is 2.52. The van der Waals surface area contributed by atoms with Gasteiger partial charge in [0.2, 0.25) is 0 Å². The Bertz CT molecular complexity index is 568. The molecule has 1 aliphatic carbocycles. The molecule has 1 aromatic carbocycles. The van der Waals surface area contributed by atoms with Crippen molar-refractivity contribution in [1.82, 2.24) is 0 Å². The molecule has 0 saturated heterocycles. The van der Waals surface area contributed by atoms with Gasteiger partial charge in [0, 0.05) is 24.1 Å². The molecule has 1 saturated carbocycles. The normalized spacial score (nSPS) is 23.7. The number of hydrogen-bond donors (Lipinski definition) is 2. The van der Waals surface area contributed by atoms with Crippen LogP contribution in [0.2, 0.25) is 0 Å². The lowest BCUT2D eigenvalue weighted by molar-refractivity contribution is -0.384. The van der Waals surface area contributed by atoms with Crippen molar-refractivity contribution in [1.29, 1.82) is 0 Å². The minimum atomic E-state index is -1.58. The average molecular weight is 283 g/mol. The first kappa shape index (κ1) is 13.6. The third kappa shape index (κ3) is 2.46. The molecule has 0 spiro atoms. The van der Waals surface area contributed by atoms with E-state index in [9.17, 15) is 19.7 Å². The van der Waals surface area contributed by atoms with Crippen molar-refractivity contribution in [2.24, 2.45) is 0 Å². The zero-order valence-corrected chi connectivity index (χ0v) is 9.88. The van der Waals surface area contributed by atoms with Gasteiger partial charge in [-0.15, -0.1) is 0 Å². The molecule has 20 heavy (non-hydrogen) atoms. The second kappa shape index (κ2) is 4.68. The van der Waals surface area contributed by atoms with Gasteiger partial charge in [0.05, 0.1) is 4.92 Å². The number of nitro groups is 1. The molecule has 1 fully saturated rings. The fourth-order valence-corrected chi connectivity index (χ4v) is 1.97. The third-order valence-electron chi connectivity index (χ3n) is 2.93. The van der Waals surface area contributed by atoms with Crippen LogP contribution in [0.25, 0.3) is 0 Å². The molecule has 0 bridgehead atoms.